The summed E-state index contributed by atoms with van der Waals surface area (Å²) in [5, 5.41) is 10.0. The van der Waals surface area contributed by atoms with Crippen LogP contribution in [0.2, 0.25) is 0 Å². The Kier molecular flexibility index (Phi) is 6.26. The first-order chi connectivity index (χ1) is 9.72. The van der Waals surface area contributed by atoms with Crippen LogP contribution in [0.4, 0.5) is 0 Å². The fraction of sp³-hybridized carbons (Fsp3) is 0.933. The van der Waals surface area contributed by atoms with Gasteiger partial charge in [-0.1, -0.05) is 6.42 Å². The molecule has 116 valence electrons. The maximum Gasteiger partial charge on any atom is 0.239 e. The molecule has 2 unspecified atom stereocenters. The van der Waals surface area contributed by atoms with Crippen molar-refractivity contribution in [3.63, 3.8) is 0 Å². The van der Waals surface area contributed by atoms with Gasteiger partial charge in [0.05, 0.1) is 18.8 Å². The lowest BCUT2D eigenvalue weighted by molar-refractivity contribution is -0.138. The number of likely N-dealkylation sites (tertiary alicyclic amines) is 2. The van der Waals surface area contributed by atoms with Crippen LogP contribution in [-0.4, -0.2) is 72.4 Å². The number of rotatable bonds is 6. The van der Waals surface area contributed by atoms with Crippen molar-refractivity contribution in [2.24, 2.45) is 0 Å². The number of ether oxygens (including phenoxy) is 1. The molecule has 0 aromatic carbocycles. The van der Waals surface area contributed by atoms with E-state index in [-0.39, 0.29) is 11.9 Å². The third-order valence-electron chi connectivity index (χ3n) is 4.28. The Labute approximate surface area is 121 Å². The molecule has 2 fully saturated rings. The average molecular weight is 284 g/mol. The van der Waals surface area contributed by atoms with Crippen LogP contribution >= 0.6 is 0 Å². The Hall–Kier alpha value is -0.650. The summed E-state index contributed by atoms with van der Waals surface area (Å²) in [4.78, 5) is 16.7. The molecule has 20 heavy (non-hydrogen) atoms. The standard InChI is InChI=1S/C15H28N2O3/c1-2-20-12-13(18)11-17-10-4-3-7-14(17)15(19)16-8-5-6-9-16/h13-14,18H,2-12H2,1H3. The molecule has 0 saturated carbocycles. The van der Waals surface area contributed by atoms with E-state index >= 15 is 0 Å². The van der Waals surface area contributed by atoms with E-state index in [4.69, 9.17) is 4.74 Å². The number of carbonyl (C=O) groups is 1. The van der Waals surface area contributed by atoms with Gasteiger partial charge < -0.3 is 14.7 Å². The third kappa shape index (κ3) is 4.17. The van der Waals surface area contributed by atoms with Crippen molar-refractivity contribution in [2.45, 2.75) is 51.2 Å². The highest BCUT2D eigenvalue weighted by Crippen LogP contribution is 2.21. The maximum atomic E-state index is 12.6. The molecule has 0 aromatic heterocycles. The van der Waals surface area contributed by atoms with Crippen molar-refractivity contribution < 1.29 is 14.6 Å². The number of amides is 1. The molecule has 2 heterocycles. The van der Waals surface area contributed by atoms with E-state index in [1.807, 2.05) is 11.8 Å². The first-order valence-electron chi connectivity index (χ1n) is 8.01. The van der Waals surface area contributed by atoms with Gasteiger partial charge in [-0.2, -0.15) is 0 Å². The summed E-state index contributed by atoms with van der Waals surface area (Å²) in [6.07, 6.45) is 4.92. The summed E-state index contributed by atoms with van der Waals surface area (Å²) in [5.74, 6) is 0.269. The maximum absolute atomic E-state index is 12.6. The summed E-state index contributed by atoms with van der Waals surface area (Å²) < 4.78 is 5.26. The predicted molar refractivity (Wildman–Crippen MR) is 77.5 cm³/mol. The highest BCUT2D eigenvalue weighted by Gasteiger charge is 2.33. The van der Waals surface area contributed by atoms with E-state index in [9.17, 15) is 9.90 Å². The molecular formula is C15H28N2O3. The van der Waals surface area contributed by atoms with Crippen LogP contribution in [0.5, 0.6) is 0 Å². The van der Waals surface area contributed by atoms with Gasteiger partial charge in [-0.15, -0.1) is 0 Å². The lowest BCUT2D eigenvalue weighted by Gasteiger charge is -2.37. The predicted octanol–water partition coefficient (Wildman–Crippen LogP) is 0.861. The number of carbonyl (C=O) groups excluding carboxylic acids is 1. The van der Waals surface area contributed by atoms with Gasteiger partial charge in [0, 0.05) is 26.2 Å². The SMILES string of the molecule is CCOCC(O)CN1CCCCC1C(=O)N1CCCC1. The molecule has 2 rings (SSSR count). The van der Waals surface area contributed by atoms with Crippen LogP contribution < -0.4 is 0 Å². The molecule has 5 nitrogen and oxygen atoms in total. The second-order valence-electron chi connectivity index (χ2n) is 5.85. The van der Waals surface area contributed by atoms with Gasteiger partial charge in [-0.05, 0) is 39.2 Å². The van der Waals surface area contributed by atoms with Crippen LogP contribution in [0.1, 0.15) is 39.0 Å². The monoisotopic (exact) mass is 284 g/mol. The number of piperidine rings is 1. The molecule has 0 aliphatic carbocycles. The van der Waals surface area contributed by atoms with Crippen LogP contribution in [-0.2, 0) is 9.53 Å². The Morgan fingerprint density at radius 3 is 2.65 bits per heavy atom. The fourth-order valence-electron chi connectivity index (χ4n) is 3.21. The molecule has 2 saturated heterocycles. The van der Waals surface area contributed by atoms with Gasteiger partial charge in [-0.3, -0.25) is 9.69 Å². The zero-order chi connectivity index (χ0) is 14.4. The van der Waals surface area contributed by atoms with E-state index in [0.717, 1.165) is 51.7 Å². The van der Waals surface area contributed by atoms with Gasteiger partial charge in [0.15, 0.2) is 0 Å². The molecule has 1 amide bonds. The van der Waals surface area contributed by atoms with Crippen molar-refractivity contribution in [3.8, 4) is 0 Å². The van der Waals surface area contributed by atoms with Crippen molar-refractivity contribution in [1.82, 2.24) is 9.80 Å². The second-order valence-corrected chi connectivity index (χ2v) is 5.85. The molecular weight excluding hydrogens is 256 g/mol. The van der Waals surface area contributed by atoms with Crippen molar-refractivity contribution in [2.75, 3.05) is 39.4 Å². The topological polar surface area (TPSA) is 53.0 Å². The Morgan fingerprint density at radius 1 is 1.25 bits per heavy atom. The number of nitrogens with zero attached hydrogens (tertiary/aromatic N) is 2. The minimum Gasteiger partial charge on any atom is -0.389 e. The van der Waals surface area contributed by atoms with Crippen LogP contribution in [0.15, 0.2) is 0 Å². The number of aliphatic hydroxyl groups is 1. The molecule has 0 radical (unpaired) electrons. The average Bonchev–Trinajstić information content (AvgIpc) is 2.99. The number of β-amino-alcohol motifs (C(OH)–C–C–N with tert-alkyl or cyclic N) is 1. The molecule has 2 atom stereocenters. The first-order valence-corrected chi connectivity index (χ1v) is 8.01. The molecule has 0 spiro atoms. The van der Waals surface area contributed by atoms with Gasteiger partial charge in [-0.25, -0.2) is 0 Å². The van der Waals surface area contributed by atoms with Gasteiger partial charge >= 0.3 is 0 Å². The van der Waals surface area contributed by atoms with Crippen LogP contribution in [0.3, 0.4) is 0 Å². The minimum absolute atomic E-state index is 0.0295. The largest absolute Gasteiger partial charge is 0.389 e. The van der Waals surface area contributed by atoms with E-state index < -0.39 is 6.10 Å². The smallest absolute Gasteiger partial charge is 0.239 e. The Balaban J connectivity index is 1.88. The molecule has 0 aromatic rings. The van der Waals surface area contributed by atoms with Gasteiger partial charge in [0.25, 0.3) is 0 Å². The zero-order valence-electron chi connectivity index (χ0n) is 12.6. The van der Waals surface area contributed by atoms with E-state index in [1.54, 1.807) is 0 Å². The normalized spacial score (nSPS) is 25.9. The number of hydrogen-bond acceptors (Lipinski definition) is 4. The molecule has 5 heteroatoms. The molecule has 0 bridgehead atoms. The highest BCUT2D eigenvalue weighted by molar-refractivity contribution is 5.82. The fourth-order valence-corrected chi connectivity index (χ4v) is 3.21. The van der Waals surface area contributed by atoms with Crippen LogP contribution in [0.25, 0.3) is 0 Å². The molecule has 1 N–H and O–H groups in total. The van der Waals surface area contributed by atoms with Gasteiger partial charge in [0.1, 0.15) is 0 Å². The minimum atomic E-state index is -0.498. The zero-order valence-corrected chi connectivity index (χ0v) is 12.6. The summed E-state index contributed by atoms with van der Waals surface area (Å²) in [7, 11) is 0. The van der Waals surface area contributed by atoms with Crippen LogP contribution in [0, 0.1) is 0 Å². The highest BCUT2D eigenvalue weighted by atomic mass is 16.5. The summed E-state index contributed by atoms with van der Waals surface area (Å²) in [6.45, 7) is 6.17. The quantitative estimate of drug-likeness (QED) is 0.786. The summed E-state index contributed by atoms with van der Waals surface area (Å²) in [5.41, 5.74) is 0. The first kappa shape index (κ1) is 15.7. The number of aliphatic hydroxyl groups excluding tert-OH is 1. The van der Waals surface area contributed by atoms with Crippen molar-refractivity contribution >= 4 is 5.91 Å². The lowest BCUT2D eigenvalue weighted by Crippen LogP contribution is -2.52. The lowest BCUT2D eigenvalue weighted by atomic mass is 10.0. The summed E-state index contributed by atoms with van der Waals surface area (Å²) in [6, 6.07) is -0.0295. The molecule has 2 aliphatic heterocycles. The summed E-state index contributed by atoms with van der Waals surface area (Å²) >= 11 is 0. The van der Waals surface area contributed by atoms with E-state index in [0.29, 0.717) is 19.8 Å². The number of hydrogen-bond donors (Lipinski definition) is 1. The third-order valence-corrected chi connectivity index (χ3v) is 4.28. The van der Waals surface area contributed by atoms with Crippen molar-refractivity contribution in [1.29, 1.82) is 0 Å². The Bertz CT molecular complexity index is 305. The van der Waals surface area contributed by atoms with Crippen molar-refractivity contribution in [3.05, 3.63) is 0 Å². The Morgan fingerprint density at radius 2 is 1.95 bits per heavy atom. The molecule has 2 aliphatic rings. The van der Waals surface area contributed by atoms with E-state index in [2.05, 4.69) is 4.90 Å². The second kappa shape index (κ2) is 7.96. The van der Waals surface area contributed by atoms with Gasteiger partial charge in [0.2, 0.25) is 5.91 Å². The van der Waals surface area contributed by atoms with E-state index in [1.165, 1.54) is 0 Å².